The molecule has 0 saturated carbocycles. The third-order valence-electron chi connectivity index (χ3n) is 2.67. The van der Waals surface area contributed by atoms with Crippen LogP contribution < -0.4 is 5.48 Å². The van der Waals surface area contributed by atoms with E-state index in [9.17, 15) is 8.42 Å². The van der Waals surface area contributed by atoms with Gasteiger partial charge in [0, 0.05) is 17.7 Å². The minimum atomic E-state index is -2.99. The van der Waals surface area contributed by atoms with Gasteiger partial charge in [-0.15, -0.1) is 0 Å². The Kier molecular flexibility index (Phi) is 2.57. The van der Waals surface area contributed by atoms with Crippen molar-refractivity contribution in [1.82, 2.24) is 5.48 Å². The number of nitrogens with one attached hydrogen (secondary N) is 1. The fourth-order valence-electron chi connectivity index (χ4n) is 1.94. The zero-order valence-corrected chi connectivity index (χ0v) is 9.23. The standard InChI is InChI=1S/C9H13NO4S/c1-6-8(4-10-11)7-2-3-15(12,13)5-9(7)14-6/h10-11H,2-5H2,1H3. The largest absolute Gasteiger partial charge is 0.465 e. The molecule has 5 nitrogen and oxygen atoms in total. The molecule has 2 rings (SSSR count). The molecule has 1 aromatic heterocycles. The number of hydrogen-bond donors (Lipinski definition) is 2. The smallest absolute Gasteiger partial charge is 0.157 e. The lowest BCUT2D eigenvalue weighted by Crippen LogP contribution is -2.19. The van der Waals surface area contributed by atoms with E-state index in [0.717, 1.165) is 11.1 Å². The first-order valence-corrected chi connectivity index (χ1v) is 6.53. The summed E-state index contributed by atoms with van der Waals surface area (Å²) in [4.78, 5) is 0. The molecule has 1 aliphatic heterocycles. The second-order valence-corrected chi connectivity index (χ2v) is 5.90. The molecule has 6 heteroatoms. The summed E-state index contributed by atoms with van der Waals surface area (Å²) in [5.41, 5.74) is 3.88. The number of furan rings is 1. The number of sulfone groups is 1. The Bertz CT molecular complexity index is 475. The summed E-state index contributed by atoms with van der Waals surface area (Å²) in [5, 5.41) is 8.66. The summed E-state index contributed by atoms with van der Waals surface area (Å²) in [6.07, 6.45) is 0.478. The van der Waals surface area contributed by atoms with E-state index in [4.69, 9.17) is 9.62 Å². The molecule has 0 unspecified atom stereocenters. The molecule has 0 bridgehead atoms. The van der Waals surface area contributed by atoms with Crippen LogP contribution in [0.3, 0.4) is 0 Å². The lowest BCUT2D eigenvalue weighted by atomic mass is 10.1. The Morgan fingerprint density at radius 1 is 1.53 bits per heavy atom. The molecular weight excluding hydrogens is 218 g/mol. The van der Waals surface area contributed by atoms with E-state index < -0.39 is 9.84 Å². The fraction of sp³-hybridized carbons (Fsp3) is 0.556. The van der Waals surface area contributed by atoms with Gasteiger partial charge in [-0.1, -0.05) is 0 Å². The molecule has 2 N–H and O–H groups in total. The van der Waals surface area contributed by atoms with Crippen LogP contribution in [0, 0.1) is 6.92 Å². The van der Waals surface area contributed by atoms with Crippen LogP contribution in [-0.2, 0) is 28.6 Å². The number of hydrogen-bond acceptors (Lipinski definition) is 5. The number of rotatable bonds is 2. The quantitative estimate of drug-likeness (QED) is 0.726. The molecule has 0 spiro atoms. The van der Waals surface area contributed by atoms with Crippen LogP contribution >= 0.6 is 0 Å². The van der Waals surface area contributed by atoms with Crippen LogP contribution in [0.5, 0.6) is 0 Å². The molecule has 0 amide bonds. The minimum absolute atomic E-state index is 0.0192. The van der Waals surface area contributed by atoms with E-state index in [1.807, 2.05) is 0 Å². The Hall–Kier alpha value is -0.850. The van der Waals surface area contributed by atoms with E-state index in [1.165, 1.54) is 0 Å². The molecule has 2 heterocycles. The zero-order valence-electron chi connectivity index (χ0n) is 8.41. The van der Waals surface area contributed by atoms with Crippen molar-refractivity contribution in [2.45, 2.75) is 25.6 Å². The van der Waals surface area contributed by atoms with Crippen LogP contribution in [0.25, 0.3) is 0 Å². The van der Waals surface area contributed by atoms with E-state index in [2.05, 4.69) is 5.48 Å². The van der Waals surface area contributed by atoms with Crippen molar-refractivity contribution in [2.24, 2.45) is 0 Å². The summed E-state index contributed by atoms with van der Waals surface area (Å²) >= 11 is 0. The van der Waals surface area contributed by atoms with E-state index >= 15 is 0 Å². The molecule has 0 atom stereocenters. The molecule has 15 heavy (non-hydrogen) atoms. The van der Waals surface area contributed by atoms with Gasteiger partial charge < -0.3 is 9.62 Å². The van der Waals surface area contributed by atoms with Gasteiger partial charge in [-0.3, -0.25) is 0 Å². The Balaban J connectivity index is 2.43. The molecule has 0 saturated heterocycles. The first-order chi connectivity index (χ1) is 7.03. The summed E-state index contributed by atoms with van der Waals surface area (Å²) < 4.78 is 28.1. The topological polar surface area (TPSA) is 79.5 Å². The Labute approximate surface area is 88.0 Å². The van der Waals surface area contributed by atoms with Crippen LogP contribution in [0.15, 0.2) is 4.42 Å². The highest BCUT2D eigenvalue weighted by Crippen LogP contribution is 2.28. The van der Waals surface area contributed by atoms with Crippen molar-refractivity contribution in [3.63, 3.8) is 0 Å². The molecule has 1 aromatic rings. The van der Waals surface area contributed by atoms with Gasteiger partial charge >= 0.3 is 0 Å². The van der Waals surface area contributed by atoms with Gasteiger partial charge in [-0.05, 0) is 13.3 Å². The molecule has 0 fully saturated rings. The van der Waals surface area contributed by atoms with Crippen LogP contribution in [0.2, 0.25) is 0 Å². The highest BCUT2D eigenvalue weighted by Gasteiger charge is 2.27. The van der Waals surface area contributed by atoms with Gasteiger partial charge in [0.25, 0.3) is 0 Å². The van der Waals surface area contributed by atoms with Gasteiger partial charge in [-0.25, -0.2) is 13.9 Å². The molecular formula is C9H13NO4S. The lowest BCUT2D eigenvalue weighted by Gasteiger charge is -2.11. The van der Waals surface area contributed by atoms with E-state index in [1.54, 1.807) is 6.92 Å². The lowest BCUT2D eigenvalue weighted by molar-refractivity contribution is 0.160. The zero-order chi connectivity index (χ0) is 11.1. The predicted molar refractivity (Wildman–Crippen MR) is 53.3 cm³/mol. The molecule has 0 radical (unpaired) electrons. The van der Waals surface area contributed by atoms with Crippen molar-refractivity contribution in [2.75, 3.05) is 5.75 Å². The monoisotopic (exact) mass is 231 g/mol. The SMILES string of the molecule is Cc1oc2c(c1CNO)CCS(=O)(=O)C2. The maximum absolute atomic E-state index is 11.4. The van der Waals surface area contributed by atoms with Gasteiger partial charge in [0.15, 0.2) is 9.84 Å². The van der Waals surface area contributed by atoms with E-state index in [-0.39, 0.29) is 11.5 Å². The van der Waals surface area contributed by atoms with Crippen molar-refractivity contribution in [3.8, 4) is 0 Å². The van der Waals surface area contributed by atoms with Gasteiger partial charge in [0.2, 0.25) is 0 Å². The highest BCUT2D eigenvalue weighted by molar-refractivity contribution is 7.90. The average Bonchev–Trinajstić information content (AvgIpc) is 2.41. The van der Waals surface area contributed by atoms with Crippen LogP contribution in [-0.4, -0.2) is 19.4 Å². The van der Waals surface area contributed by atoms with Crippen molar-refractivity contribution < 1.29 is 18.0 Å². The van der Waals surface area contributed by atoms with Crippen LogP contribution in [0.1, 0.15) is 22.6 Å². The van der Waals surface area contributed by atoms with Gasteiger partial charge in [-0.2, -0.15) is 0 Å². The Morgan fingerprint density at radius 3 is 2.93 bits per heavy atom. The predicted octanol–water partition coefficient (Wildman–Crippen LogP) is 0.538. The molecule has 0 aromatic carbocycles. The van der Waals surface area contributed by atoms with Gasteiger partial charge in [0.05, 0.1) is 5.75 Å². The molecule has 84 valence electrons. The maximum atomic E-state index is 11.4. The van der Waals surface area contributed by atoms with Crippen LogP contribution in [0.4, 0.5) is 0 Å². The number of aryl methyl sites for hydroxylation is 1. The summed E-state index contributed by atoms with van der Waals surface area (Å²) in [6, 6.07) is 0. The second kappa shape index (κ2) is 3.62. The average molecular weight is 231 g/mol. The number of fused-ring (bicyclic) bond motifs is 1. The van der Waals surface area contributed by atoms with Crippen molar-refractivity contribution in [1.29, 1.82) is 0 Å². The third-order valence-corrected chi connectivity index (χ3v) is 4.20. The normalized spacial score (nSPS) is 18.8. The first-order valence-electron chi connectivity index (χ1n) is 4.71. The van der Waals surface area contributed by atoms with Crippen molar-refractivity contribution >= 4 is 9.84 Å². The summed E-state index contributed by atoms with van der Waals surface area (Å²) in [6.45, 7) is 2.07. The third kappa shape index (κ3) is 1.92. The van der Waals surface area contributed by atoms with Crippen molar-refractivity contribution in [3.05, 3.63) is 22.6 Å². The highest BCUT2D eigenvalue weighted by atomic mass is 32.2. The molecule has 1 aliphatic rings. The van der Waals surface area contributed by atoms with E-state index in [0.29, 0.717) is 24.5 Å². The molecule has 0 aliphatic carbocycles. The summed E-state index contributed by atoms with van der Waals surface area (Å²) in [7, 11) is -2.99. The first kappa shape index (κ1) is 10.7. The maximum Gasteiger partial charge on any atom is 0.157 e. The minimum Gasteiger partial charge on any atom is -0.465 e. The van der Waals surface area contributed by atoms with Gasteiger partial charge in [0.1, 0.15) is 17.3 Å². The fourth-order valence-corrected chi connectivity index (χ4v) is 3.23. The second-order valence-electron chi connectivity index (χ2n) is 3.72. The number of hydroxylamine groups is 1. The Morgan fingerprint density at radius 2 is 2.27 bits per heavy atom. The summed E-state index contributed by atoms with van der Waals surface area (Å²) in [5.74, 6) is 1.36.